The Morgan fingerprint density at radius 1 is 1.31 bits per heavy atom. The molecule has 0 aliphatic heterocycles. The first kappa shape index (κ1) is 14.1. The minimum absolute atomic E-state index is 0.797. The molecule has 0 bridgehead atoms. The van der Waals surface area contributed by atoms with E-state index in [4.69, 9.17) is 0 Å². The zero-order valence-electron chi connectivity index (χ0n) is 10.7. The Bertz CT molecular complexity index is 182. The van der Waals surface area contributed by atoms with Gasteiger partial charge in [0, 0.05) is 11.3 Å². The maximum Gasteiger partial charge on any atom is 0.00776 e. The normalized spacial score (nSPS) is 25.6. The number of thioether (sulfide) groups is 1. The van der Waals surface area contributed by atoms with Crippen LogP contribution >= 0.6 is 11.8 Å². The third-order valence-corrected chi connectivity index (χ3v) is 4.57. The fourth-order valence-corrected chi connectivity index (χ4v) is 3.27. The van der Waals surface area contributed by atoms with Crippen LogP contribution in [0.25, 0.3) is 0 Å². The van der Waals surface area contributed by atoms with Gasteiger partial charge in [-0.3, -0.25) is 0 Å². The molecule has 0 saturated heterocycles. The highest BCUT2D eigenvalue weighted by atomic mass is 32.2. The molecule has 2 unspecified atom stereocenters. The summed E-state index contributed by atoms with van der Waals surface area (Å²) in [5, 5.41) is 4.63. The molecule has 0 aromatic heterocycles. The van der Waals surface area contributed by atoms with E-state index in [0.717, 1.165) is 11.3 Å². The molecule has 2 atom stereocenters. The minimum Gasteiger partial charge on any atom is -0.314 e. The molecule has 0 amide bonds. The van der Waals surface area contributed by atoms with Gasteiger partial charge in [0.25, 0.3) is 0 Å². The predicted molar refractivity (Wildman–Crippen MR) is 76.2 cm³/mol. The van der Waals surface area contributed by atoms with Gasteiger partial charge in [-0.1, -0.05) is 18.9 Å². The van der Waals surface area contributed by atoms with E-state index in [1.54, 1.807) is 0 Å². The van der Waals surface area contributed by atoms with Gasteiger partial charge in [-0.05, 0) is 51.3 Å². The molecular formula is C14H27NS. The van der Waals surface area contributed by atoms with Crippen molar-refractivity contribution in [1.29, 1.82) is 0 Å². The van der Waals surface area contributed by atoms with Gasteiger partial charge < -0.3 is 5.32 Å². The van der Waals surface area contributed by atoms with Crippen LogP contribution in [0.3, 0.4) is 0 Å². The lowest BCUT2D eigenvalue weighted by Crippen LogP contribution is -2.35. The van der Waals surface area contributed by atoms with E-state index in [1.165, 1.54) is 57.9 Å². The van der Waals surface area contributed by atoms with Crippen molar-refractivity contribution in [2.75, 3.05) is 12.8 Å². The van der Waals surface area contributed by atoms with E-state index in [-0.39, 0.29) is 0 Å². The summed E-state index contributed by atoms with van der Waals surface area (Å²) in [5.41, 5.74) is 0. The number of rotatable bonds is 8. The summed E-state index contributed by atoms with van der Waals surface area (Å²) in [7, 11) is 0. The Morgan fingerprint density at radius 2 is 2.19 bits per heavy atom. The van der Waals surface area contributed by atoms with Crippen LogP contribution in [0.15, 0.2) is 12.7 Å². The molecule has 1 fully saturated rings. The van der Waals surface area contributed by atoms with Crippen molar-refractivity contribution in [3.05, 3.63) is 12.7 Å². The lowest BCUT2D eigenvalue weighted by molar-refractivity contribution is 0.377. The van der Waals surface area contributed by atoms with Crippen LogP contribution in [-0.2, 0) is 0 Å². The Balaban J connectivity index is 1.97. The first-order valence-corrected chi connectivity index (χ1v) is 8.02. The maximum absolute atomic E-state index is 3.75. The summed E-state index contributed by atoms with van der Waals surface area (Å²) in [5.74, 6) is 0. The van der Waals surface area contributed by atoms with Crippen LogP contribution in [0.2, 0.25) is 0 Å². The molecular weight excluding hydrogens is 214 g/mol. The van der Waals surface area contributed by atoms with Crippen LogP contribution < -0.4 is 5.32 Å². The largest absolute Gasteiger partial charge is 0.314 e. The molecule has 0 aromatic carbocycles. The molecule has 0 spiro atoms. The van der Waals surface area contributed by atoms with Crippen molar-refractivity contribution in [3.63, 3.8) is 0 Å². The summed E-state index contributed by atoms with van der Waals surface area (Å²) in [6.45, 7) is 4.96. The van der Waals surface area contributed by atoms with Crippen LogP contribution in [-0.4, -0.2) is 24.1 Å². The van der Waals surface area contributed by atoms with Gasteiger partial charge in [-0.15, -0.1) is 6.58 Å². The summed E-state index contributed by atoms with van der Waals surface area (Å²) in [6.07, 6.45) is 15.1. The van der Waals surface area contributed by atoms with Crippen molar-refractivity contribution in [3.8, 4) is 0 Å². The zero-order chi connectivity index (χ0) is 11.6. The third kappa shape index (κ3) is 5.95. The first-order chi connectivity index (χ1) is 7.86. The van der Waals surface area contributed by atoms with Gasteiger partial charge in [0.15, 0.2) is 0 Å². The summed E-state index contributed by atoms with van der Waals surface area (Å²) in [6, 6.07) is 0.797. The van der Waals surface area contributed by atoms with Gasteiger partial charge >= 0.3 is 0 Å². The van der Waals surface area contributed by atoms with Crippen molar-refractivity contribution in [2.24, 2.45) is 0 Å². The minimum atomic E-state index is 0.797. The number of unbranched alkanes of at least 4 members (excludes halogenated alkanes) is 3. The summed E-state index contributed by atoms with van der Waals surface area (Å²) < 4.78 is 0. The molecule has 2 heteroatoms. The molecule has 1 aliphatic carbocycles. The van der Waals surface area contributed by atoms with Gasteiger partial charge in [0.2, 0.25) is 0 Å². The highest BCUT2D eigenvalue weighted by Crippen LogP contribution is 2.26. The predicted octanol–water partition coefficient (Wildman–Crippen LogP) is 4.00. The molecule has 1 nitrogen and oxygen atoms in total. The highest BCUT2D eigenvalue weighted by molar-refractivity contribution is 7.99. The lowest BCUT2D eigenvalue weighted by Gasteiger charge is -2.28. The van der Waals surface area contributed by atoms with Gasteiger partial charge in [-0.25, -0.2) is 0 Å². The van der Waals surface area contributed by atoms with Crippen LogP contribution in [0.1, 0.15) is 51.4 Å². The van der Waals surface area contributed by atoms with Crippen LogP contribution in [0.4, 0.5) is 0 Å². The quantitative estimate of drug-likeness (QED) is 0.509. The molecule has 1 N–H and O–H groups in total. The average molecular weight is 241 g/mol. The lowest BCUT2D eigenvalue weighted by atomic mass is 9.95. The molecule has 0 heterocycles. The Labute approximate surface area is 105 Å². The van der Waals surface area contributed by atoms with Crippen molar-refractivity contribution in [2.45, 2.75) is 62.7 Å². The van der Waals surface area contributed by atoms with E-state index < -0.39 is 0 Å². The monoisotopic (exact) mass is 241 g/mol. The molecule has 94 valence electrons. The second-order valence-electron chi connectivity index (χ2n) is 4.81. The number of hydrogen-bond donors (Lipinski definition) is 1. The molecule has 1 aliphatic rings. The van der Waals surface area contributed by atoms with Gasteiger partial charge in [-0.2, -0.15) is 11.8 Å². The number of allylic oxidation sites excluding steroid dienone is 1. The van der Waals surface area contributed by atoms with Crippen molar-refractivity contribution >= 4 is 11.8 Å². The van der Waals surface area contributed by atoms with E-state index in [2.05, 4.69) is 18.2 Å². The first-order valence-electron chi connectivity index (χ1n) is 6.74. The van der Waals surface area contributed by atoms with Gasteiger partial charge in [0.1, 0.15) is 0 Å². The highest BCUT2D eigenvalue weighted by Gasteiger charge is 2.20. The number of nitrogens with one attached hydrogen (secondary N) is 1. The molecule has 1 saturated carbocycles. The fourth-order valence-electron chi connectivity index (χ4n) is 2.44. The second-order valence-corrected chi connectivity index (χ2v) is 5.95. The molecule has 1 rings (SSSR count). The zero-order valence-corrected chi connectivity index (χ0v) is 11.5. The molecule has 0 radical (unpaired) electrons. The van der Waals surface area contributed by atoms with E-state index in [9.17, 15) is 0 Å². The SMILES string of the molecule is C=CCCCCCNC1CCCC(SC)C1. The standard InChI is InChI=1S/C14H27NS/c1-3-4-5-6-7-11-15-13-9-8-10-14(12-13)16-2/h3,13-15H,1,4-12H2,2H3. The van der Waals surface area contributed by atoms with Crippen LogP contribution in [0, 0.1) is 0 Å². The average Bonchev–Trinajstić information content (AvgIpc) is 2.34. The Hall–Kier alpha value is 0.0500. The smallest absolute Gasteiger partial charge is 0.00776 e. The topological polar surface area (TPSA) is 12.0 Å². The Kier molecular flexibility index (Phi) is 8.04. The van der Waals surface area contributed by atoms with Crippen molar-refractivity contribution in [1.82, 2.24) is 5.32 Å². The number of hydrogen-bond acceptors (Lipinski definition) is 2. The second kappa shape index (κ2) is 9.12. The summed E-state index contributed by atoms with van der Waals surface area (Å²) >= 11 is 2.05. The van der Waals surface area contributed by atoms with Crippen molar-refractivity contribution < 1.29 is 0 Å². The summed E-state index contributed by atoms with van der Waals surface area (Å²) in [4.78, 5) is 0. The van der Waals surface area contributed by atoms with E-state index in [1.807, 2.05) is 17.8 Å². The Morgan fingerprint density at radius 3 is 2.94 bits per heavy atom. The molecule has 0 aromatic rings. The third-order valence-electron chi connectivity index (χ3n) is 3.48. The van der Waals surface area contributed by atoms with E-state index >= 15 is 0 Å². The maximum atomic E-state index is 3.75. The fraction of sp³-hybridized carbons (Fsp3) is 0.857. The van der Waals surface area contributed by atoms with E-state index in [0.29, 0.717) is 0 Å². The van der Waals surface area contributed by atoms with Gasteiger partial charge in [0.05, 0.1) is 0 Å². The molecule has 16 heavy (non-hydrogen) atoms. The van der Waals surface area contributed by atoms with Crippen LogP contribution in [0.5, 0.6) is 0 Å².